The molecule has 0 bridgehead atoms. The van der Waals surface area contributed by atoms with E-state index in [2.05, 4.69) is 15.9 Å². The molecule has 2 saturated heterocycles. The molecule has 2 fully saturated rings. The maximum absolute atomic E-state index is 2.61. The van der Waals surface area contributed by atoms with Gasteiger partial charge in [0.05, 0.1) is 5.82 Å². The minimum atomic E-state index is 1.30. The average molecular weight is 224 g/mol. The van der Waals surface area contributed by atoms with Gasteiger partial charge in [0.25, 0.3) is 0 Å². The van der Waals surface area contributed by atoms with E-state index in [1.807, 2.05) is 0 Å². The standard InChI is InChI=1S/C12H24N2Si/c15-11-5-6-12(13-7-1-2-8-13)14-9-3-4-10-14/h6H,1-5,7-11H2,15H3. The van der Waals surface area contributed by atoms with Crippen molar-refractivity contribution in [3.63, 3.8) is 0 Å². The second-order valence-corrected chi connectivity index (χ2v) is 5.74. The highest BCUT2D eigenvalue weighted by molar-refractivity contribution is 6.08. The van der Waals surface area contributed by atoms with Gasteiger partial charge in [0, 0.05) is 36.4 Å². The van der Waals surface area contributed by atoms with Crippen LogP contribution in [-0.2, 0) is 0 Å². The van der Waals surface area contributed by atoms with E-state index in [1.54, 1.807) is 5.82 Å². The highest BCUT2D eigenvalue weighted by Crippen LogP contribution is 2.22. The molecule has 15 heavy (non-hydrogen) atoms. The van der Waals surface area contributed by atoms with E-state index >= 15 is 0 Å². The summed E-state index contributed by atoms with van der Waals surface area (Å²) in [5.41, 5.74) is 0. The van der Waals surface area contributed by atoms with Crippen molar-refractivity contribution in [2.24, 2.45) is 0 Å². The third-order valence-corrected chi connectivity index (χ3v) is 4.05. The summed E-state index contributed by atoms with van der Waals surface area (Å²) < 4.78 is 0. The molecular formula is C12H24N2Si. The van der Waals surface area contributed by atoms with Gasteiger partial charge in [-0.25, -0.2) is 0 Å². The molecule has 0 unspecified atom stereocenters. The molecule has 0 amide bonds. The highest BCUT2D eigenvalue weighted by Gasteiger charge is 2.21. The summed E-state index contributed by atoms with van der Waals surface area (Å²) in [6, 6.07) is 1.41. The molecule has 0 aromatic carbocycles. The molecule has 2 nitrogen and oxygen atoms in total. The fourth-order valence-electron chi connectivity index (χ4n) is 2.62. The predicted octanol–water partition coefficient (Wildman–Crippen LogP) is 1.19. The molecular weight excluding hydrogens is 200 g/mol. The molecule has 2 aliphatic heterocycles. The van der Waals surface area contributed by atoms with Gasteiger partial charge in [0.2, 0.25) is 0 Å². The quantitative estimate of drug-likeness (QED) is 0.662. The summed E-state index contributed by atoms with van der Waals surface area (Å²) >= 11 is 0. The van der Waals surface area contributed by atoms with Crippen LogP contribution in [0.2, 0.25) is 6.04 Å². The van der Waals surface area contributed by atoms with Crippen LogP contribution in [-0.4, -0.2) is 46.2 Å². The Hall–Kier alpha value is -0.443. The third-order valence-electron chi connectivity index (χ3n) is 3.48. The number of nitrogens with zero attached hydrogens (tertiary/aromatic N) is 2. The number of allylic oxidation sites excluding steroid dienone is 1. The summed E-state index contributed by atoms with van der Waals surface area (Å²) in [7, 11) is 1.34. The smallest absolute Gasteiger partial charge is 0.0997 e. The molecule has 0 aliphatic carbocycles. The molecule has 0 atom stereocenters. The van der Waals surface area contributed by atoms with Gasteiger partial charge in [0.15, 0.2) is 0 Å². The van der Waals surface area contributed by atoms with Crippen LogP contribution in [0, 0.1) is 0 Å². The minimum Gasteiger partial charge on any atom is -0.359 e. The summed E-state index contributed by atoms with van der Waals surface area (Å²) in [6.07, 6.45) is 9.38. The minimum absolute atomic E-state index is 1.30. The molecule has 0 spiro atoms. The lowest BCUT2D eigenvalue weighted by atomic mass is 10.3. The molecule has 0 aromatic heterocycles. The Labute approximate surface area is 96.7 Å². The van der Waals surface area contributed by atoms with E-state index < -0.39 is 0 Å². The molecule has 0 saturated carbocycles. The van der Waals surface area contributed by atoms with Crippen molar-refractivity contribution in [1.29, 1.82) is 0 Å². The van der Waals surface area contributed by atoms with Gasteiger partial charge >= 0.3 is 0 Å². The molecule has 86 valence electrons. The van der Waals surface area contributed by atoms with E-state index in [1.165, 1.54) is 74.6 Å². The van der Waals surface area contributed by atoms with Gasteiger partial charge in [0.1, 0.15) is 0 Å². The van der Waals surface area contributed by atoms with E-state index in [0.717, 1.165) is 0 Å². The summed E-state index contributed by atoms with van der Waals surface area (Å²) in [5.74, 6) is 1.57. The van der Waals surface area contributed by atoms with Gasteiger partial charge in [-0.1, -0.05) is 6.04 Å². The van der Waals surface area contributed by atoms with Crippen molar-refractivity contribution >= 4 is 10.2 Å². The molecule has 2 heterocycles. The molecule has 2 rings (SSSR count). The van der Waals surface area contributed by atoms with Crippen molar-refractivity contribution in [3.8, 4) is 0 Å². The van der Waals surface area contributed by atoms with Crippen LogP contribution in [0.5, 0.6) is 0 Å². The zero-order chi connectivity index (χ0) is 10.5. The van der Waals surface area contributed by atoms with Gasteiger partial charge in [-0.15, -0.1) is 0 Å². The fourth-order valence-corrected chi connectivity index (χ4v) is 2.91. The summed E-state index contributed by atoms with van der Waals surface area (Å²) in [6.45, 7) is 5.18. The van der Waals surface area contributed by atoms with Gasteiger partial charge < -0.3 is 9.80 Å². The Bertz CT molecular complexity index is 198. The van der Waals surface area contributed by atoms with Crippen molar-refractivity contribution in [2.75, 3.05) is 26.2 Å². The van der Waals surface area contributed by atoms with Crippen LogP contribution in [0.3, 0.4) is 0 Å². The summed E-state index contributed by atoms with van der Waals surface area (Å²) in [4.78, 5) is 5.23. The largest absolute Gasteiger partial charge is 0.359 e. The first-order valence-electron chi connectivity index (χ1n) is 6.62. The monoisotopic (exact) mass is 224 g/mol. The molecule has 0 N–H and O–H groups in total. The molecule has 2 aliphatic rings. The Morgan fingerprint density at radius 3 is 1.80 bits per heavy atom. The normalized spacial score (nSPS) is 21.3. The number of hydrogen-bond donors (Lipinski definition) is 0. The summed E-state index contributed by atoms with van der Waals surface area (Å²) in [5, 5.41) is 0. The van der Waals surface area contributed by atoms with Crippen LogP contribution in [0.15, 0.2) is 11.9 Å². The van der Waals surface area contributed by atoms with E-state index in [-0.39, 0.29) is 0 Å². The average Bonchev–Trinajstić information content (AvgIpc) is 2.90. The first-order chi connectivity index (χ1) is 7.42. The van der Waals surface area contributed by atoms with Gasteiger partial charge in [-0.05, 0) is 38.2 Å². The molecule has 0 aromatic rings. The zero-order valence-corrected chi connectivity index (χ0v) is 12.0. The first kappa shape index (κ1) is 11.1. The zero-order valence-electron chi connectivity index (χ0n) is 10.0. The lowest BCUT2D eigenvalue weighted by Gasteiger charge is -2.30. The Morgan fingerprint density at radius 2 is 1.40 bits per heavy atom. The van der Waals surface area contributed by atoms with Crippen LogP contribution >= 0.6 is 0 Å². The molecule has 3 heteroatoms. The van der Waals surface area contributed by atoms with Crippen molar-refractivity contribution in [3.05, 3.63) is 11.9 Å². The van der Waals surface area contributed by atoms with E-state index in [0.29, 0.717) is 0 Å². The maximum atomic E-state index is 2.61. The van der Waals surface area contributed by atoms with Gasteiger partial charge in [-0.3, -0.25) is 0 Å². The predicted molar refractivity (Wildman–Crippen MR) is 69.1 cm³/mol. The lowest BCUT2D eigenvalue weighted by molar-refractivity contribution is 0.268. The van der Waals surface area contributed by atoms with Crippen LogP contribution in [0.1, 0.15) is 32.1 Å². The third kappa shape index (κ3) is 2.77. The fraction of sp³-hybridized carbons (Fsp3) is 0.833. The lowest BCUT2D eigenvalue weighted by Crippen LogP contribution is -2.32. The number of rotatable bonds is 4. The van der Waals surface area contributed by atoms with Gasteiger partial charge in [-0.2, -0.15) is 0 Å². The maximum Gasteiger partial charge on any atom is 0.0997 e. The van der Waals surface area contributed by atoms with Crippen LogP contribution in [0.4, 0.5) is 0 Å². The van der Waals surface area contributed by atoms with Crippen LogP contribution < -0.4 is 0 Å². The number of hydrogen-bond acceptors (Lipinski definition) is 2. The van der Waals surface area contributed by atoms with E-state index in [9.17, 15) is 0 Å². The van der Waals surface area contributed by atoms with Crippen molar-refractivity contribution in [2.45, 2.75) is 38.1 Å². The highest BCUT2D eigenvalue weighted by atomic mass is 28.1. The first-order valence-corrected chi connectivity index (χ1v) is 8.03. The SMILES string of the molecule is [SiH3]CCC=C(N1CCCC1)N1CCCC1. The van der Waals surface area contributed by atoms with Crippen molar-refractivity contribution < 1.29 is 0 Å². The number of likely N-dealkylation sites (tertiary alicyclic amines) is 2. The second-order valence-electron chi connectivity index (χ2n) is 4.74. The molecule has 0 radical (unpaired) electrons. The Balaban J connectivity index is 2.00. The Morgan fingerprint density at radius 1 is 0.933 bits per heavy atom. The van der Waals surface area contributed by atoms with Crippen LogP contribution in [0.25, 0.3) is 0 Å². The van der Waals surface area contributed by atoms with Crippen molar-refractivity contribution in [1.82, 2.24) is 9.80 Å². The topological polar surface area (TPSA) is 6.48 Å². The Kier molecular flexibility index (Phi) is 4.12. The van der Waals surface area contributed by atoms with E-state index in [4.69, 9.17) is 0 Å². The second kappa shape index (κ2) is 5.59.